The lowest BCUT2D eigenvalue weighted by atomic mass is 10.3. The number of unbranched alkanes of at least 4 members (excludes halogenated alkanes) is 2. The van der Waals surface area contributed by atoms with Crippen LogP contribution in [0.2, 0.25) is 0 Å². The van der Waals surface area contributed by atoms with E-state index < -0.39 is 0 Å². The monoisotopic (exact) mass is 240 g/mol. The van der Waals surface area contributed by atoms with Gasteiger partial charge < -0.3 is 14.5 Å². The normalized spacial score (nSPS) is 12.4. The smallest absolute Gasteiger partial charge is 0.0861 e. The molecule has 0 heterocycles. The Hall–Kier alpha value is -0.800. The summed E-state index contributed by atoms with van der Waals surface area (Å²) in [7, 11) is 8.38. The van der Waals surface area contributed by atoms with Gasteiger partial charge in [-0.3, -0.25) is 0 Å². The summed E-state index contributed by atoms with van der Waals surface area (Å²) in [4.78, 5) is 4.39. The molecule has 0 saturated heterocycles. The highest BCUT2D eigenvalue weighted by molar-refractivity contribution is 4.80. The van der Waals surface area contributed by atoms with Gasteiger partial charge in [0.05, 0.1) is 12.5 Å². The van der Waals surface area contributed by atoms with Crippen LogP contribution in [-0.2, 0) is 4.74 Å². The first-order chi connectivity index (χ1) is 8.13. The van der Waals surface area contributed by atoms with E-state index in [1.165, 1.54) is 12.8 Å². The average Bonchev–Trinajstić information content (AvgIpc) is 2.25. The van der Waals surface area contributed by atoms with E-state index in [1.807, 2.05) is 0 Å². The summed E-state index contributed by atoms with van der Waals surface area (Å²) in [6.07, 6.45) is 12.2. The van der Waals surface area contributed by atoms with Crippen molar-refractivity contribution in [3.63, 3.8) is 0 Å². The summed E-state index contributed by atoms with van der Waals surface area (Å²) in [5.41, 5.74) is 0. The first kappa shape index (κ1) is 16.2. The lowest BCUT2D eigenvalue weighted by Crippen LogP contribution is -2.12. The third-order valence-electron chi connectivity index (χ3n) is 2.30. The number of ether oxygens (including phenoxy) is 1. The van der Waals surface area contributed by atoms with E-state index in [9.17, 15) is 0 Å². The molecule has 0 saturated carbocycles. The summed E-state index contributed by atoms with van der Waals surface area (Å²) in [5.74, 6) is 0. The Balaban J connectivity index is 3.25. The Labute approximate surface area is 107 Å². The maximum absolute atomic E-state index is 5.26. The van der Waals surface area contributed by atoms with E-state index in [2.05, 4.69) is 50.1 Å². The van der Waals surface area contributed by atoms with Gasteiger partial charge >= 0.3 is 0 Å². The van der Waals surface area contributed by atoms with Crippen LogP contribution in [-0.4, -0.2) is 51.1 Å². The van der Waals surface area contributed by atoms with E-state index in [1.54, 1.807) is 12.5 Å². The van der Waals surface area contributed by atoms with Gasteiger partial charge in [0.1, 0.15) is 0 Å². The van der Waals surface area contributed by atoms with Gasteiger partial charge in [0, 0.05) is 0 Å². The van der Waals surface area contributed by atoms with Crippen LogP contribution in [0, 0.1) is 0 Å². The predicted molar refractivity (Wildman–Crippen MR) is 74.9 cm³/mol. The van der Waals surface area contributed by atoms with Gasteiger partial charge in [-0.25, -0.2) is 0 Å². The summed E-state index contributed by atoms with van der Waals surface area (Å²) in [6.45, 7) is 2.26. The number of hydrogen-bond donors (Lipinski definition) is 0. The van der Waals surface area contributed by atoms with Crippen LogP contribution in [0.15, 0.2) is 24.7 Å². The highest BCUT2D eigenvalue weighted by Gasteiger charge is 1.88. The molecular weight excluding hydrogens is 212 g/mol. The van der Waals surface area contributed by atoms with Gasteiger partial charge in [0.25, 0.3) is 0 Å². The zero-order valence-corrected chi connectivity index (χ0v) is 11.9. The van der Waals surface area contributed by atoms with Crippen LogP contribution >= 0.6 is 0 Å². The Bertz CT molecular complexity index is 188. The largest absolute Gasteiger partial charge is 0.473 e. The predicted octanol–water partition coefficient (Wildman–Crippen LogP) is 2.71. The van der Waals surface area contributed by atoms with Gasteiger partial charge in [0.2, 0.25) is 0 Å². The van der Waals surface area contributed by atoms with Crippen LogP contribution in [0.25, 0.3) is 0 Å². The summed E-state index contributed by atoms with van der Waals surface area (Å²) >= 11 is 0. The standard InChI is InChI=1S/C14H28N2O/c1-15(2)11-7-5-9-13-17-14-10-6-8-12-16(3)4/h9-10,13-14H,5-8,11-12H2,1-4H3. The zero-order chi connectivity index (χ0) is 12.9. The highest BCUT2D eigenvalue weighted by Crippen LogP contribution is 1.95. The molecule has 0 rings (SSSR count). The zero-order valence-electron chi connectivity index (χ0n) is 11.9. The molecule has 0 aliphatic heterocycles. The molecule has 0 spiro atoms. The van der Waals surface area contributed by atoms with Gasteiger partial charge in [0.15, 0.2) is 0 Å². The molecule has 0 radical (unpaired) electrons. The SMILES string of the molecule is CN(C)CCCC=COC=CCCCN(C)C. The maximum atomic E-state index is 5.26. The number of hydrogen-bond acceptors (Lipinski definition) is 3. The van der Waals surface area contributed by atoms with Gasteiger partial charge in [-0.2, -0.15) is 0 Å². The van der Waals surface area contributed by atoms with E-state index >= 15 is 0 Å². The molecular formula is C14H28N2O. The summed E-state index contributed by atoms with van der Waals surface area (Å²) in [6, 6.07) is 0. The minimum atomic E-state index is 1.08. The molecule has 100 valence electrons. The number of allylic oxidation sites excluding steroid dienone is 2. The molecule has 0 aromatic rings. The molecule has 17 heavy (non-hydrogen) atoms. The fourth-order valence-electron chi connectivity index (χ4n) is 1.34. The minimum Gasteiger partial charge on any atom is -0.473 e. The average molecular weight is 240 g/mol. The molecule has 3 heteroatoms. The topological polar surface area (TPSA) is 15.7 Å². The summed E-state index contributed by atoms with van der Waals surface area (Å²) in [5, 5.41) is 0. The van der Waals surface area contributed by atoms with E-state index in [-0.39, 0.29) is 0 Å². The van der Waals surface area contributed by atoms with E-state index in [0.29, 0.717) is 0 Å². The van der Waals surface area contributed by atoms with Gasteiger partial charge in [-0.15, -0.1) is 0 Å². The Morgan fingerprint density at radius 1 is 0.765 bits per heavy atom. The van der Waals surface area contributed by atoms with Crippen LogP contribution < -0.4 is 0 Å². The third kappa shape index (κ3) is 15.2. The van der Waals surface area contributed by atoms with Crippen LogP contribution in [0.5, 0.6) is 0 Å². The van der Waals surface area contributed by atoms with Crippen molar-refractivity contribution in [3.8, 4) is 0 Å². The van der Waals surface area contributed by atoms with Crippen molar-refractivity contribution in [1.82, 2.24) is 9.80 Å². The van der Waals surface area contributed by atoms with Crippen molar-refractivity contribution in [2.24, 2.45) is 0 Å². The van der Waals surface area contributed by atoms with Gasteiger partial charge in [-0.05, 0) is 79.1 Å². The lowest BCUT2D eigenvalue weighted by Gasteiger charge is -2.06. The van der Waals surface area contributed by atoms with Crippen molar-refractivity contribution in [2.45, 2.75) is 25.7 Å². The Morgan fingerprint density at radius 2 is 1.18 bits per heavy atom. The van der Waals surface area contributed by atoms with Crippen LogP contribution in [0.4, 0.5) is 0 Å². The molecule has 0 unspecified atom stereocenters. The maximum Gasteiger partial charge on any atom is 0.0861 e. The molecule has 0 aliphatic rings. The second kappa shape index (κ2) is 11.7. The summed E-state index contributed by atoms with van der Waals surface area (Å²) < 4.78 is 5.26. The fourth-order valence-corrected chi connectivity index (χ4v) is 1.34. The van der Waals surface area contributed by atoms with Gasteiger partial charge in [-0.1, -0.05) is 0 Å². The minimum absolute atomic E-state index is 1.08. The Kier molecular flexibility index (Phi) is 11.1. The van der Waals surface area contributed by atoms with Crippen molar-refractivity contribution < 1.29 is 4.74 Å². The second-order valence-electron chi connectivity index (χ2n) is 4.77. The molecule has 0 aromatic carbocycles. The molecule has 0 bridgehead atoms. The van der Waals surface area contributed by atoms with Crippen LogP contribution in [0.1, 0.15) is 25.7 Å². The molecule has 0 atom stereocenters. The van der Waals surface area contributed by atoms with Crippen molar-refractivity contribution in [2.75, 3.05) is 41.3 Å². The van der Waals surface area contributed by atoms with Crippen molar-refractivity contribution in [1.29, 1.82) is 0 Å². The van der Waals surface area contributed by atoms with E-state index in [0.717, 1.165) is 25.9 Å². The number of rotatable bonds is 10. The fraction of sp³-hybridized carbons (Fsp3) is 0.714. The molecule has 0 N–H and O–H groups in total. The first-order valence-electron chi connectivity index (χ1n) is 6.38. The first-order valence-corrected chi connectivity index (χ1v) is 6.38. The molecule has 3 nitrogen and oxygen atoms in total. The van der Waals surface area contributed by atoms with Crippen molar-refractivity contribution in [3.05, 3.63) is 24.7 Å². The van der Waals surface area contributed by atoms with Crippen molar-refractivity contribution >= 4 is 0 Å². The molecule has 0 fully saturated rings. The Morgan fingerprint density at radius 3 is 1.53 bits per heavy atom. The molecule has 0 amide bonds. The van der Waals surface area contributed by atoms with E-state index in [4.69, 9.17) is 4.74 Å². The molecule has 0 aliphatic carbocycles. The highest BCUT2D eigenvalue weighted by atomic mass is 16.5. The molecule has 0 aromatic heterocycles. The lowest BCUT2D eigenvalue weighted by molar-refractivity contribution is 0.385. The third-order valence-corrected chi connectivity index (χ3v) is 2.30. The van der Waals surface area contributed by atoms with Crippen LogP contribution in [0.3, 0.4) is 0 Å². The quantitative estimate of drug-likeness (QED) is 0.431. The second-order valence-corrected chi connectivity index (χ2v) is 4.77. The number of nitrogens with zero attached hydrogens (tertiary/aromatic N) is 2.